The molecule has 0 aliphatic heterocycles. The third-order valence-electron chi connectivity index (χ3n) is 2.83. The van der Waals surface area contributed by atoms with Crippen molar-refractivity contribution >= 4 is 17.7 Å². The number of aromatic nitrogens is 2. The van der Waals surface area contributed by atoms with Crippen molar-refractivity contribution < 1.29 is 9.53 Å². The Balaban J connectivity index is 2.67. The first-order valence-corrected chi connectivity index (χ1v) is 7.18. The van der Waals surface area contributed by atoms with E-state index in [4.69, 9.17) is 4.74 Å². The molecule has 1 amide bonds. The maximum atomic E-state index is 12.1. The number of methoxy groups -OCH3 is 1. The summed E-state index contributed by atoms with van der Waals surface area (Å²) in [6, 6.07) is 0. The van der Waals surface area contributed by atoms with E-state index in [1.807, 2.05) is 6.92 Å². The summed E-state index contributed by atoms with van der Waals surface area (Å²) in [5.41, 5.74) is 1.21. The first-order chi connectivity index (χ1) is 8.51. The van der Waals surface area contributed by atoms with Gasteiger partial charge in [0.05, 0.1) is 12.8 Å². The van der Waals surface area contributed by atoms with Crippen LogP contribution in [0, 0.1) is 6.92 Å². The van der Waals surface area contributed by atoms with Crippen LogP contribution in [-0.4, -0.2) is 40.8 Å². The Bertz CT molecular complexity index is 418. The predicted molar refractivity (Wildman–Crippen MR) is 74.4 cm³/mol. The van der Waals surface area contributed by atoms with Gasteiger partial charge < -0.3 is 10.1 Å². The summed E-state index contributed by atoms with van der Waals surface area (Å²) in [6.07, 6.45) is 3.02. The van der Waals surface area contributed by atoms with E-state index in [2.05, 4.69) is 23.6 Å². The van der Waals surface area contributed by atoms with E-state index in [0.717, 1.165) is 6.42 Å². The van der Waals surface area contributed by atoms with Gasteiger partial charge in [-0.1, -0.05) is 6.92 Å². The summed E-state index contributed by atoms with van der Waals surface area (Å²) in [7, 11) is 3.31. The summed E-state index contributed by atoms with van der Waals surface area (Å²) >= 11 is 1.79. The SMILES string of the molecule is COc1c(C(=O)NCC[C@H](C)SC)c(C)nn1C. The molecule has 0 saturated heterocycles. The molecule has 0 saturated carbocycles. The van der Waals surface area contributed by atoms with Gasteiger partial charge >= 0.3 is 0 Å². The van der Waals surface area contributed by atoms with Gasteiger partial charge in [0, 0.05) is 18.8 Å². The van der Waals surface area contributed by atoms with Crippen molar-refractivity contribution in [2.75, 3.05) is 19.9 Å². The van der Waals surface area contributed by atoms with Crippen LogP contribution in [0.1, 0.15) is 29.4 Å². The maximum Gasteiger partial charge on any atom is 0.258 e. The number of carbonyl (C=O) groups excluding carboxylic acids is 1. The lowest BCUT2D eigenvalue weighted by molar-refractivity contribution is 0.0949. The van der Waals surface area contributed by atoms with Crippen LogP contribution in [-0.2, 0) is 7.05 Å². The minimum Gasteiger partial charge on any atom is -0.481 e. The van der Waals surface area contributed by atoms with Crippen LogP contribution < -0.4 is 10.1 Å². The molecule has 0 aromatic carbocycles. The molecule has 0 unspecified atom stereocenters. The predicted octanol–water partition coefficient (Wildman–Crippen LogP) is 1.61. The van der Waals surface area contributed by atoms with Crippen molar-refractivity contribution in [2.24, 2.45) is 7.05 Å². The van der Waals surface area contributed by atoms with Gasteiger partial charge in [-0.2, -0.15) is 16.9 Å². The van der Waals surface area contributed by atoms with Crippen LogP contribution in [0.25, 0.3) is 0 Å². The third-order valence-corrected chi connectivity index (χ3v) is 3.87. The Hall–Kier alpha value is -1.17. The van der Waals surface area contributed by atoms with Crippen molar-refractivity contribution in [3.05, 3.63) is 11.3 Å². The monoisotopic (exact) mass is 271 g/mol. The Morgan fingerprint density at radius 2 is 2.28 bits per heavy atom. The second-order valence-corrected chi connectivity index (χ2v) is 5.46. The van der Waals surface area contributed by atoms with Gasteiger partial charge in [0.1, 0.15) is 5.56 Å². The first-order valence-electron chi connectivity index (χ1n) is 5.89. The van der Waals surface area contributed by atoms with Gasteiger partial charge in [0.15, 0.2) is 0 Å². The van der Waals surface area contributed by atoms with E-state index in [1.165, 1.54) is 0 Å². The van der Waals surface area contributed by atoms with Crippen molar-refractivity contribution in [3.8, 4) is 5.88 Å². The zero-order valence-electron chi connectivity index (χ0n) is 11.6. The molecule has 0 aliphatic carbocycles. The minimum atomic E-state index is -0.120. The van der Waals surface area contributed by atoms with Crippen LogP contribution in [0.15, 0.2) is 0 Å². The Kier molecular flexibility index (Phi) is 5.53. The smallest absolute Gasteiger partial charge is 0.258 e. The van der Waals surface area contributed by atoms with E-state index in [-0.39, 0.29) is 5.91 Å². The zero-order chi connectivity index (χ0) is 13.7. The second kappa shape index (κ2) is 6.68. The number of rotatable bonds is 6. The molecule has 0 bridgehead atoms. The van der Waals surface area contributed by atoms with Crippen LogP contribution in [0.3, 0.4) is 0 Å². The molecule has 102 valence electrons. The maximum absolute atomic E-state index is 12.1. The molecule has 0 spiro atoms. The molecular formula is C12H21N3O2S. The van der Waals surface area contributed by atoms with Crippen molar-refractivity contribution in [1.82, 2.24) is 15.1 Å². The Labute approximate surface area is 112 Å². The van der Waals surface area contributed by atoms with Gasteiger partial charge in [0.2, 0.25) is 5.88 Å². The van der Waals surface area contributed by atoms with Crippen molar-refractivity contribution in [2.45, 2.75) is 25.5 Å². The number of ether oxygens (including phenoxy) is 1. The van der Waals surface area contributed by atoms with Crippen molar-refractivity contribution in [3.63, 3.8) is 0 Å². The number of hydrogen-bond donors (Lipinski definition) is 1. The lowest BCUT2D eigenvalue weighted by Gasteiger charge is -2.09. The normalized spacial score (nSPS) is 12.3. The quantitative estimate of drug-likeness (QED) is 0.854. The molecule has 5 nitrogen and oxygen atoms in total. The summed E-state index contributed by atoms with van der Waals surface area (Å²) in [5.74, 6) is 0.383. The van der Waals surface area contributed by atoms with Gasteiger partial charge in [-0.3, -0.25) is 4.79 Å². The molecule has 0 aliphatic rings. The van der Waals surface area contributed by atoms with Crippen molar-refractivity contribution in [1.29, 1.82) is 0 Å². The molecule has 0 radical (unpaired) electrons. The standard InChI is InChI=1S/C12H21N3O2S/c1-8(18-5)6-7-13-11(16)10-9(2)14-15(3)12(10)17-4/h8H,6-7H2,1-5H3,(H,13,16)/t8-/m0/s1. The van der Waals surface area contributed by atoms with Gasteiger partial charge in [-0.15, -0.1) is 0 Å². The largest absolute Gasteiger partial charge is 0.481 e. The molecule has 1 N–H and O–H groups in total. The molecule has 1 aromatic rings. The molecule has 1 rings (SSSR count). The number of amides is 1. The third kappa shape index (κ3) is 3.41. The highest BCUT2D eigenvalue weighted by Crippen LogP contribution is 2.20. The van der Waals surface area contributed by atoms with Gasteiger partial charge in [-0.25, -0.2) is 4.68 Å². The molecule has 6 heteroatoms. The number of aryl methyl sites for hydroxylation is 2. The van der Waals surface area contributed by atoms with Crippen LogP contribution >= 0.6 is 11.8 Å². The van der Waals surface area contributed by atoms with Gasteiger partial charge in [-0.05, 0) is 19.6 Å². The Morgan fingerprint density at radius 3 is 2.83 bits per heavy atom. The Morgan fingerprint density at radius 1 is 1.61 bits per heavy atom. The highest BCUT2D eigenvalue weighted by atomic mass is 32.2. The van der Waals surface area contributed by atoms with Gasteiger partial charge in [0.25, 0.3) is 5.91 Å². The number of carbonyl (C=O) groups is 1. The van der Waals surface area contributed by atoms with E-state index in [9.17, 15) is 4.79 Å². The van der Waals surface area contributed by atoms with Crippen LogP contribution in [0.2, 0.25) is 0 Å². The number of nitrogens with one attached hydrogen (secondary N) is 1. The highest BCUT2D eigenvalue weighted by molar-refractivity contribution is 7.99. The molecule has 1 atom stereocenters. The van der Waals surface area contributed by atoms with E-state index in [1.54, 1.807) is 30.6 Å². The summed E-state index contributed by atoms with van der Waals surface area (Å²) in [4.78, 5) is 12.1. The summed E-state index contributed by atoms with van der Waals surface area (Å²) in [5, 5.41) is 7.64. The van der Waals surface area contributed by atoms with Crippen LogP contribution in [0.4, 0.5) is 0 Å². The number of thioether (sulfide) groups is 1. The highest BCUT2D eigenvalue weighted by Gasteiger charge is 2.20. The topological polar surface area (TPSA) is 56.1 Å². The summed E-state index contributed by atoms with van der Waals surface area (Å²) in [6.45, 7) is 4.62. The van der Waals surface area contributed by atoms with E-state index >= 15 is 0 Å². The molecule has 18 heavy (non-hydrogen) atoms. The lowest BCUT2D eigenvalue weighted by Crippen LogP contribution is -2.26. The molecule has 1 aromatic heterocycles. The zero-order valence-corrected chi connectivity index (χ0v) is 12.4. The average molecular weight is 271 g/mol. The fourth-order valence-electron chi connectivity index (χ4n) is 1.73. The van der Waals surface area contributed by atoms with Crippen LogP contribution in [0.5, 0.6) is 5.88 Å². The first kappa shape index (κ1) is 14.9. The fourth-order valence-corrected chi connectivity index (χ4v) is 2.08. The molecule has 1 heterocycles. The number of nitrogens with zero attached hydrogens (tertiary/aromatic N) is 2. The van der Waals surface area contributed by atoms with E-state index in [0.29, 0.717) is 28.9 Å². The fraction of sp³-hybridized carbons (Fsp3) is 0.667. The summed E-state index contributed by atoms with van der Waals surface area (Å²) < 4.78 is 6.78. The number of hydrogen-bond acceptors (Lipinski definition) is 4. The van der Waals surface area contributed by atoms with E-state index < -0.39 is 0 Å². The second-order valence-electron chi connectivity index (χ2n) is 4.18. The average Bonchev–Trinajstić information content (AvgIpc) is 2.62. The lowest BCUT2D eigenvalue weighted by atomic mass is 10.2. The molecule has 0 fully saturated rings. The minimum absolute atomic E-state index is 0.120. The molecular weight excluding hydrogens is 250 g/mol.